The first kappa shape index (κ1) is 21.7. The van der Waals surface area contributed by atoms with Gasteiger partial charge < -0.3 is 20.7 Å². The van der Waals surface area contributed by atoms with Crippen LogP contribution in [0.2, 0.25) is 0 Å². The Labute approximate surface area is 164 Å². The third-order valence-electron chi connectivity index (χ3n) is 4.25. The summed E-state index contributed by atoms with van der Waals surface area (Å²) >= 11 is 0. The summed E-state index contributed by atoms with van der Waals surface area (Å²) in [6.45, 7) is 9.99. The Bertz CT molecular complexity index is 788. The van der Waals surface area contributed by atoms with Crippen molar-refractivity contribution in [3.05, 3.63) is 47.6 Å². The molecule has 1 heterocycles. The molecule has 0 aliphatic carbocycles. The van der Waals surface area contributed by atoms with E-state index < -0.39 is 11.6 Å². The van der Waals surface area contributed by atoms with E-state index in [1.807, 2.05) is 20.0 Å². The summed E-state index contributed by atoms with van der Waals surface area (Å²) < 4.78 is 34.1. The maximum atomic E-state index is 14.5. The van der Waals surface area contributed by atoms with E-state index >= 15 is 0 Å². The van der Waals surface area contributed by atoms with Crippen molar-refractivity contribution in [3.8, 4) is 0 Å². The predicted octanol–water partition coefficient (Wildman–Crippen LogP) is 2.93. The van der Waals surface area contributed by atoms with E-state index in [1.165, 1.54) is 0 Å². The van der Waals surface area contributed by atoms with E-state index in [2.05, 4.69) is 21.9 Å². The number of aliphatic imine (C=N–C) groups is 2. The van der Waals surface area contributed by atoms with Gasteiger partial charge in [-0.25, -0.2) is 18.8 Å². The number of hydrogen-bond acceptors (Lipinski definition) is 4. The molecule has 1 aliphatic heterocycles. The van der Waals surface area contributed by atoms with Gasteiger partial charge in [0.15, 0.2) is 11.6 Å². The molecule has 1 aromatic rings. The van der Waals surface area contributed by atoms with Gasteiger partial charge in [-0.05, 0) is 32.0 Å². The second kappa shape index (κ2) is 10.1. The molecule has 1 fully saturated rings. The van der Waals surface area contributed by atoms with Gasteiger partial charge in [-0.15, -0.1) is 0 Å². The van der Waals surface area contributed by atoms with Crippen LogP contribution < -0.4 is 16.0 Å². The highest BCUT2D eigenvalue weighted by Crippen LogP contribution is 2.29. The van der Waals surface area contributed by atoms with Crippen molar-refractivity contribution in [1.82, 2.24) is 5.32 Å². The zero-order valence-corrected chi connectivity index (χ0v) is 16.6. The van der Waals surface area contributed by atoms with Gasteiger partial charge in [0.1, 0.15) is 5.69 Å². The second-order valence-electron chi connectivity index (χ2n) is 6.54. The summed E-state index contributed by atoms with van der Waals surface area (Å²) in [6.07, 6.45) is 1.89. The highest BCUT2D eigenvalue weighted by atomic mass is 19.1. The van der Waals surface area contributed by atoms with E-state index in [0.29, 0.717) is 38.6 Å². The Kier molecular flexibility index (Phi) is 7.83. The number of morpholine rings is 1. The molecule has 0 atom stereocenters. The zero-order chi connectivity index (χ0) is 20.7. The van der Waals surface area contributed by atoms with Gasteiger partial charge in [-0.2, -0.15) is 0 Å². The van der Waals surface area contributed by atoms with Crippen LogP contribution >= 0.6 is 0 Å². The third-order valence-corrected chi connectivity index (χ3v) is 4.25. The topological polar surface area (TPSA) is 75.2 Å². The minimum absolute atomic E-state index is 0.0673. The molecule has 1 aliphatic rings. The van der Waals surface area contributed by atoms with Gasteiger partial charge in [0, 0.05) is 37.5 Å². The highest BCUT2D eigenvalue weighted by molar-refractivity contribution is 6.05. The van der Waals surface area contributed by atoms with Crippen molar-refractivity contribution >= 4 is 23.0 Å². The molecule has 2 rings (SSSR count). The molecule has 0 radical (unpaired) electrons. The van der Waals surface area contributed by atoms with Crippen LogP contribution in [0.1, 0.15) is 13.8 Å². The molecule has 0 saturated carbocycles. The fourth-order valence-electron chi connectivity index (χ4n) is 2.81. The number of ether oxygens (including phenoxy) is 1. The molecule has 1 saturated heterocycles. The van der Waals surface area contributed by atoms with Crippen LogP contribution in [0.4, 0.5) is 20.2 Å². The number of benzene rings is 1. The average molecular weight is 391 g/mol. The molecule has 0 spiro atoms. The van der Waals surface area contributed by atoms with Crippen LogP contribution in [0.5, 0.6) is 0 Å². The predicted molar refractivity (Wildman–Crippen MR) is 111 cm³/mol. The van der Waals surface area contributed by atoms with Crippen molar-refractivity contribution in [1.29, 1.82) is 0 Å². The molecule has 0 aromatic heterocycles. The van der Waals surface area contributed by atoms with Gasteiger partial charge in [-0.1, -0.05) is 12.7 Å². The molecular weight excluding hydrogens is 364 g/mol. The standard InChI is InChI=1S/C20H27F2N5O/c1-13(12-24-4)9-14(2)15(3)25-20(23)26-16-10-17(21)19(18(22)11-16)27-5-7-28-8-6-27/h9-11,24H,1,5-8,12H2,2-4H3,(H2,23,26)/b14-9+,25-15+. The quantitative estimate of drug-likeness (QED) is 0.444. The number of allylic oxidation sites excluding steroid dienone is 1. The van der Waals surface area contributed by atoms with E-state index in [0.717, 1.165) is 23.3 Å². The first-order chi connectivity index (χ1) is 13.3. The lowest BCUT2D eigenvalue weighted by Crippen LogP contribution is -2.37. The van der Waals surface area contributed by atoms with E-state index in [-0.39, 0.29) is 17.3 Å². The van der Waals surface area contributed by atoms with Crippen molar-refractivity contribution in [2.45, 2.75) is 13.8 Å². The number of likely N-dealkylation sites (N-methyl/N-ethyl adjacent to an activating group) is 1. The van der Waals surface area contributed by atoms with Crippen molar-refractivity contribution in [3.63, 3.8) is 0 Å². The van der Waals surface area contributed by atoms with Crippen LogP contribution in [-0.2, 0) is 4.74 Å². The van der Waals surface area contributed by atoms with Gasteiger partial charge in [0.05, 0.1) is 18.9 Å². The summed E-state index contributed by atoms with van der Waals surface area (Å²) in [7, 11) is 1.84. The average Bonchev–Trinajstić information content (AvgIpc) is 2.62. The molecule has 6 nitrogen and oxygen atoms in total. The molecule has 0 unspecified atom stereocenters. The summed E-state index contributed by atoms with van der Waals surface area (Å²) in [4.78, 5) is 9.85. The maximum Gasteiger partial charge on any atom is 0.220 e. The molecule has 1 aromatic carbocycles. The SMILES string of the molecule is C=C(/C=C(C)/C(C)=N/C(N)=Nc1cc(F)c(N2CCOCC2)c(F)c1)CNC. The van der Waals surface area contributed by atoms with Gasteiger partial charge in [-0.3, -0.25) is 0 Å². The lowest BCUT2D eigenvalue weighted by Gasteiger charge is -2.29. The maximum absolute atomic E-state index is 14.5. The van der Waals surface area contributed by atoms with Crippen molar-refractivity contribution < 1.29 is 13.5 Å². The lowest BCUT2D eigenvalue weighted by molar-refractivity contribution is 0.122. The lowest BCUT2D eigenvalue weighted by atomic mass is 10.1. The molecule has 0 amide bonds. The van der Waals surface area contributed by atoms with Gasteiger partial charge >= 0.3 is 0 Å². The summed E-state index contributed by atoms with van der Waals surface area (Å²) in [5.74, 6) is -1.45. The highest BCUT2D eigenvalue weighted by Gasteiger charge is 2.20. The van der Waals surface area contributed by atoms with Crippen LogP contribution in [-0.4, -0.2) is 51.6 Å². The van der Waals surface area contributed by atoms with Crippen LogP contribution in [0.3, 0.4) is 0 Å². The molecular formula is C20H27F2N5O. The Balaban J connectivity index is 2.20. The molecule has 0 bridgehead atoms. The number of anilines is 1. The monoisotopic (exact) mass is 391 g/mol. The van der Waals surface area contributed by atoms with Crippen molar-refractivity contribution in [2.24, 2.45) is 15.7 Å². The molecule has 3 N–H and O–H groups in total. The molecule has 152 valence electrons. The largest absolute Gasteiger partial charge is 0.378 e. The van der Waals surface area contributed by atoms with Crippen LogP contribution in [0.15, 0.2) is 45.9 Å². The van der Waals surface area contributed by atoms with E-state index in [9.17, 15) is 8.78 Å². The van der Waals surface area contributed by atoms with E-state index in [1.54, 1.807) is 11.8 Å². The summed E-state index contributed by atoms with van der Waals surface area (Å²) in [5.41, 5.74) is 8.26. The Morgan fingerprint density at radius 3 is 2.46 bits per heavy atom. The Hall–Kier alpha value is -2.58. The minimum Gasteiger partial charge on any atom is -0.378 e. The van der Waals surface area contributed by atoms with Crippen LogP contribution in [0, 0.1) is 11.6 Å². The third kappa shape index (κ3) is 5.97. The molecule has 28 heavy (non-hydrogen) atoms. The van der Waals surface area contributed by atoms with Crippen LogP contribution in [0.25, 0.3) is 0 Å². The number of halogens is 2. The Morgan fingerprint density at radius 1 is 1.29 bits per heavy atom. The van der Waals surface area contributed by atoms with E-state index in [4.69, 9.17) is 10.5 Å². The first-order valence-corrected chi connectivity index (χ1v) is 9.04. The number of rotatable bonds is 6. The van der Waals surface area contributed by atoms with Gasteiger partial charge in [0.2, 0.25) is 5.96 Å². The normalized spacial score (nSPS) is 16.5. The second-order valence-corrected chi connectivity index (χ2v) is 6.54. The number of nitrogens with two attached hydrogens (primary N) is 1. The smallest absolute Gasteiger partial charge is 0.220 e. The summed E-state index contributed by atoms with van der Waals surface area (Å²) in [5, 5.41) is 3.01. The number of guanidine groups is 1. The zero-order valence-electron chi connectivity index (χ0n) is 16.6. The van der Waals surface area contributed by atoms with Crippen molar-refractivity contribution in [2.75, 3.05) is 44.8 Å². The number of nitrogens with one attached hydrogen (secondary N) is 1. The fourth-order valence-corrected chi connectivity index (χ4v) is 2.81. The summed E-state index contributed by atoms with van der Waals surface area (Å²) in [6, 6.07) is 2.31. The fraction of sp³-hybridized carbons (Fsp3) is 0.400. The number of hydrogen-bond donors (Lipinski definition) is 2. The Morgan fingerprint density at radius 2 is 1.89 bits per heavy atom. The molecule has 8 heteroatoms. The van der Waals surface area contributed by atoms with Gasteiger partial charge in [0.25, 0.3) is 0 Å². The first-order valence-electron chi connectivity index (χ1n) is 9.04. The minimum atomic E-state index is -0.686. The number of nitrogens with zero attached hydrogens (tertiary/aromatic N) is 3.